The molecule has 20 heavy (non-hydrogen) atoms. The Morgan fingerprint density at radius 3 is 2.70 bits per heavy atom. The third-order valence-electron chi connectivity index (χ3n) is 3.01. The van der Waals surface area contributed by atoms with Crippen LogP contribution in [0.1, 0.15) is 18.9 Å². The molecule has 0 fully saturated rings. The van der Waals surface area contributed by atoms with E-state index in [0.29, 0.717) is 24.3 Å². The number of rotatable bonds is 9. The molecule has 6 nitrogen and oxygen atoms in total. The molecule has 0 amide bonds. The number of nitro groups is 1. The Morgan fingerprint density at radius 2 is 2.15 bits per heavy atom. The highest BCUT2D eigenvalue weighted by molar-refractivity contribution is 5.46. The Labute approximate surface area is 119 Å². The molecule has 112 valence electrons. The molecule has 1 N–H and O–H groups in total. The SMILES string of the molecule is CCCNC(COC)Cc1ccc(OC)cc1[N+](=O)[O-]. The maximum atomic E-state index is 11.1. The van der Waals surface area contributed by atoms with Crippen LogP contribution in [-0.4, -0.2) is 38.3 Å². The first kappa shape index (κ1) is 16.4. The Morgan fingerprint density at radius 1 is 1.40 bits per heavy atom. The number of nitrogens with one attached hydrogen (secondary N) is 1. The second kappa shape index (κ2) is 8.50. The van der Waals surface area contributed by atoms with Crippen molar-refractivity contribution in [2.75, 3.05) is 27.4 Å². The number of nitro benzene ring substituents is 1. The van der Waals surface area contributed by atoms with Gasteiger partial charge in [-0.25, -0.2) is 0 Å². The molecule has 0 heterocycles. The van der Waals surface area contributed by atoms with E-state index in [4.69, 9.17) is 9.47 Å². The zero-order chi connectivity index (χ0) is 15.0. The lowest BCUT2D eigenvalue weighted by molar-refractivity contribution is -0.385. The van der Waals surface area contributed by atoms with Crippen LogP contribution in [0.5, 0.6) is 5.75 Å². The van der Waals surface area contributed by atoms with Crippen LogP contribution in [-0.2, 0) is 11.2 Å². The summed E-state index contributed by atoms with van der Waals surface area (Å²) >= 11 is 0. The molecule has 0 saturated carbocycles. The van der Waals surface area contributed by atoms with Crippen molar-refractivity contribution in [1.82, 2.24) is 5.32 Å². The fraction of sp³-hybridized carbons (Fsp3) is 0.571. The molecule has 1 aromatic rings. The second-order valence-electron chi connectivity index (χ2n) is 4.56. The average Bonchev–Trinajstić information content (AvgIpc) is 2.45. The first-order valence-electron chi connectivity index (χ1n) is 6.66. The average molecular weight is 282 g/mol. The lowest BCUT2D eigenvalue weighted by atomic mass is 10.0. The Hall–Kier alpha value is -1.66. The summed E-state index contributed by atoms with van der Waals surface area (Å²) in [5, 5.41) is 14.5. The molecule has 0 aromatic heterocycles. The van der Waals surface area contributed by atoms with Gasteiger partial charge >= 0.3 is 0 Å². The molecule has 0 spiro atoms. The molecule has 0 saturated heterocycles. The standard InChI is InChI=1S/C14H22N2O4/c1-4-7-15-12(10-19-2)8-11-5-6-13(20-3)9-14(11)16(17)18/h5-6,9,12,15H,4,7-8,10H2,1-3H3. The maximum absolute atomic E-state index is 11.1. The van der Waals surface area contributed by atoms with E-state index in [-0.39, 0.29) is 16.7 Å². The maximum Gasteiger partial charge on any atom is 0.276 e. The summed E-state index contributed by atoms with van der Waals surface area (Å²) in [6, 6.07) is 5.00. The highest BCUT2D eigenvalue weighted by atomic mass is 16.6. The third kappa shape index (κ3) is 4.79. The van der Waals surface area contributed by atoms with Crippen molar-refractivity contribution in [3.05, 3.63) is 33.9 Å². The summed E-state index contributed by atoms with van der Waals surface area (Å²) in [6.45, 7) is 3.45. The monoisotopic (exact) mass is 282 g/mol. The number of methoxy groups -OCH3 is 2. The van der Waals surface area contributed by atoms with Gasteiger partial charge in [-0.05, 0) is 31.5 Å². The van der Waals surface area contributed by atoms with Crippen molar-refractivity contribution in [3.63, 3.8) is 0 Å². The number of hydrogen-bond acceptors (Lipinski definition) is 5. The van der Waals surface area contributed by atoms with E-state index >= 15 is 0 Å². The number of hydrogen-bond donors (Lipinski definition) is 1. The van der Waals surface area contributed by atoms with Gasteiger partial charge < -0.3 is 14.8 Å². The van der Waals surface area contributed by atoms with Crippen LogP contribution >= 0.6 is 0 Å². The van der Waals surface area contributed by atoms with Crippen LogP contribution in [0, 0.1) is 10.1 Å². The number of nitrogens with zero attached hydrogens (tertiary/aromatic N) is 1. The van der Waals surface area contributed by atoms with E-state index in [1.165, 1.54) is 13.2 Å². The number of ether oxygens (including phenoxy) is 2. The molecule has 0 radical (unpaired) electrons. The van der Waals surface area contributed by atoms with Gasteiger partial charge in [-0.15, -0.1) is 0 Å². The Balaban J connectivity index is 2.90. The van der Waals surface area contributed by atoms with Crippen LogP contribution in [0.4, 0.5) is 5.69 Å². The van der Waals surface area contributed by atoms with Crippen LogP contribution in [0.25, 0.3) is 0 Å². The van der Waals surface area contributed by atoms with Crippen molar-refractivity contribution in [2.24, 2.45) is 0 Å². The zero-order valence-electron chi connectivity index (χ0n) is 12.2. The quantitative estimate of drug-likeness (QED) is 0.555. The lowest BCUT2D eigenvalue weighted by Crippen LogP contribution is -2.35. The summed E-state index contributed by atoms with van der Waals surface area (Å²) in [5.74, 6) is 0.491. The largest absolute Gasteiger partial charge is 0.497 e. The van der Waals surface area contributed by atoms with E-state index in [9.17, 15) is 10.1 Å². The van der Waals surface area contributed by atoms with Crippen molar-refractivity contribution in [2.45, 2.75) is 25.8 Å². The topological polar surface area (TPSA) is 73.6 Å². The zero-order valence-corrected chi connectivity index (χ0v) is 12.2. The first-order chi connectivity index (χ1) is 9.62. The van der Waals surface area contributed by atoms with Gasteiger partial charge in [0.25, 0.3) is 5.69 Å². The highest BCUT2D eigenvalue weighted by Crippen LogP contribution is 2.25. The molecular formula is C14H22N2O4. The summed E-state index contributed by atoms with van der Waals surface area (Å²) < 4.78 is 10.2. The first-order valence-corrected chi connectivity index (χ1v) is 6.66. The van der Waals surface area contributed by atoms with Gasteiger partial charge in [0.2, 0.25) is 0 Å². The highest BCUT2D eigenvalue weighted by Gasteiger charge is 2.18. The predicted octanol–water partition coefficient (Wildman–Crippen LogP) is 2.16. The molecular weight excluding hydrogens is 260 g/mol. The summed E-state index contributed by atoms with van der Waals surface area (Å²) in [7, 11) is 3.12. The predicted molar refractivity (Wildman–Crippen MR) is 77.3 cm³/mol. The van der Waals surface area contributed by atoms with Gasteiger partial charge in [-0.1, -0.05) is 6.92 Å². The van der Waals surface area contributed by atoms with Gasteiger partial charge in [0.15, 0.2) is 0 Å². The van der Waals surface area contributed by atoms with Gasteiger partial charge in [0, 0.05) is 18.7 Å². The van der Waals surface area contributed by atoms with E-state index in [2.05, 4.69) is 12.2 Å². The van der Waals surface area contributed by atoms with E-state index < -0.39 is 0 Å². The summed E-state index contributed by atoms with van der Waals surface area (Å²) in [4.78, 5) is 10.8. The smallest absolute Gasteiger partial charge is 0.276 e. The normalized spacial score (nSPS) is 12.2. The molecule has 1 rings (SSSR count). The number of benzene rings is 1. The van der Waals surface area contributed by atoms with Crippen LogP contribution in [0.15, 0.2) is 18.2 Å². The van der Waals surface area contributed by atoms with Crippen molar-refractivity contribution in [3.8, 4) is 5.75 Å². The molecule has 6 heteroatoms. The van der Waals surface area contributed by atoms with E-state index in [1.54, 1.807) is 19.2 Å². The van der Waals surface area contributed by atoms with Gasteiger partial charge in [-0.2, -0.15) is 0 Å². The molecule has 0 aliphatic carbocycles. The second-order valence-corrected chi connectivity index (χ2v) is 4.56. The fourth-order valence-electron chi connectivity index (χ4n) is 2.02. The third-order valence-corrected chi connectivity index (χ3v) is 3.01. The van der Waals surface area contributed by atoms with Crippen molar-refractivity contribution >= 4 is 5.69 Å². The minimum absolute atomic E-state index is 0.0621. The molecule has 1 aromatic carbocycles. The van der Waals surface area contributed by atoms with Crippen molar-refractivity contribution < 1.29 is 14.4 Å². The van der Waals surface area contributed by atoms with Crippen LogP contribution < -0.4 is 10.1 Å². The molecule has 0 aliphatic heterocycles. The van der Waals surface area contributed by atoms with E-state index in [1.807, 2.05) is 0 Å². The molecule has 0 bridgehead atoms. The summed E-state index contributed by atoms with van der Waals surface area (Å²) in [6.07, 6.45) is 1.55. The fourth-order valence-corrected chi connectivity index (χ4v) is 2.02. The van der Waals surface area contributed by atoms with Gasteiger partial charge in [0.1, 0.15) is 5.75 Å². The van der Waals surface area contributed by atoms with Crippen LogP contribution in [0.2, 0.25) is 0 Å². The molecule has 1 atom stereocenters. The van der Waals surface area contributed by atoms with Crippen molar-refractivity contribution in [1.29, 1.82) is 0 Å². The van der Waals surface area contributed by atoms with Crippen LogP contribution in [0.3, 0.4) is 0 Å². The Bertz CT molecular complexity index is 437. The molecule has 0 aliphatic rings. The lowest BCUT2D eigenvalue weighted by Gasteiger charge is -2.17. The Kier molecular flexibility index (Phi) is 6.97. The molecule has 1 unspecified atom stereocenters. The van der Waals surface area contributed by atoms with E-state index in [0.717, 1.165) is 13.0 Å². The van der Waals surface area contributed by atoms with Gasteiger partial charge in [0.05, 0.1) is 24.7 Å². The minimum Gasteiger partial charge on any atom is -0.497 e. The summed E-state index contributed by atoms with van der Waals surface area (Å²) in [5.41, 5.74) is 0.769. The van der Waals surface area contributed by atoms with Gasteiger partial charge in [-0.3, -0.25) is 10.1 Å². The minimum atomic E-state index is -0.373.